The number of hydrogen-bond donors (Lipinski definition) is 0. The van der Waals surface area contributed by atoms with Crippen LogP contribution in [0.2, 0.25) is 5.28 Å². The van der Waals surface area contributed by atoms with Crippen LogP contribution in [-0.2, 0) is 0 Å². The molecular weight excluding hydrogens is 294 g/mol. The lowest BCUT2D eigenvalue weighted by atomic mass is 10.1. The molecule has 0 amide bonds. The molecule has 0 saturated carbocycles. The molecule has 2 aliphatic heterocycles. The first-order chi connectivity index (χ1) is 10.1. The topological polar surface area (TPSA) is 75.4 Å². The summed E-state index contributed by atoms with van der Waals surface area (Å²) in [5.41, 5.74) is -0.0707. The predicted molar refractivity (Wildman–Crippen MR) is 79.7 cm³/mol. The van der Waals surface area contributed by atoms with E-state index in [0.29, 0.717) is 11.9 Å². The van der Waals surface area contributed by atoms with Crippen molar-refractivity contribution < 1.29 is 4.92 Å². The van der Waals surface area contributed by atoms with Gasteiger partial charge in [-0.3, -0.25) is 15.0 Å². The fourth-order valence-electron chi connectivity index (χ4n) is 3.22. The number of likely N-dealkylation sites (tertiary alicyclic amines) is 1. The van der Waals surface area contributed by atoms with Crippen LogP contribution >= 0.6 is 11.6 Å². The second kappa shape index (κ2) is 6.11. The summed E-state index contributed by atoms with van der Waals surface area (Å²) < 4.78 is 0. The Balaban J connectivity index is 1.76. The average molecular weight is 312 g/mol. The lowest BCUT2D eigenvalue weighted by molar-refractivity contribution is -0.384. The molecule has 114 valence electrons. The van der Waals surface area contributed by atoms with E-state index in [-0.39, 0.29) is 11.0 Å². The molecule has 2 fully saturated rings. The van der Waals surface area contributed by atoms with Gasteiger partial charge in [0.2, 0.25) is 11.1 Å². The van der Waals surface area contributed by atoms with Gasteiger partial charge in [0, 0.05) is 19.1 Å². The number of piperidine rings is 1. The number of rotatable bonds is 3. The third kappa shape index (κ3) is 3.08. The summed E-state index contributed by atoms with van der Waals surface area (Å²) >= 11 is 5.80. The Kier molecular flexibility index (Phi) is 4.21. The number of hydrogen-bond acceptors (Lipinski definition) is 6. The van der Waals surface area contributed by atoms with Gasteiger partial charge in [0.1, 0.15) is 6.20 Å². The molecule has 2 saturated heterocycles. The zero-order chi connectivity index (χ0) is 14.8. The van der Waals surface area contributed by atoms with Crippen molar-refractivity contribution in [2.45, 2.75) is 31.7 Å². The summed E-state index contributed by atoms with van der Waals surface area (Å²) in [5.74, 6) is 0.347. The molecule has 0 N–H and O–H groups in total. The Morgan fingerprint density at radius 2 is 2.05 bits per heavy atom. The molecule has 1 aromatic heterocycles. The highest BCUT2D eigenvalue weighted by molar-refractivity contribution is 6.28. The second-order valence-electron chi connectivity index (χ2n) is 5.59. The van der Waals surface area contributed by atoms with Crippen LogP contribution < -0.4 is 4.90 Å². The third-order valence-corrected chi connectivity index (χ3v) is 4.47. The minimum atomic E-state index is -0.445. The molecule has 0 radical (unpaired) electrons. The summed E-state index contributed by atoms with van der Waals surface area (Å²) in [4.78, 5) is 22.9. The smallest absolute Gasteiger partial charge is 0.329 e. The van der Waals surface area contributed by atoms with Gasteiger partial charge in [-0.25, -0.2) is 4.98 Å². The van der Waals surface area contributed by atoms with Crippen molar-refractivity contribution in [3.8, 4) is 0 Å². The standard InChI is InChI=1S/C13H18ClN5O2/c14-13-15-8-11(19(20)21)12(16-13)18-7-4-10(9-18)17-5-2-1-3-6-17/h8,10H,1-7,9H2. The van der Waals surface area contributed by atoms with E-state index >= 15 is 0 Å². The molecule has 1 aromatic rings. The fraction of sp³-hybridized carbons (Fsp3) is 0.692. The van der Waals surface area contributed by atoms with Gasteiger partial charge < -0.3 is 4.90 Å². The number of anilines is 1. The van der Waals surface area contributed by atoms with Crippen molar-refractivity contribution in [1.29, 1.82) is 0 Å². The van der Waals surface area contributed by atoms with Crippen LogP contribution in [0.4, 0.5) is 11.5 Å². The summed E-state index contributed by atoms with van der Waals surface area (Å²) in [5, 5.41) is 11.2. The minimum absolute atomic E-state index is 0.0528. The molecule has 21 heavy (non-hydrogen) atoms. The van der Waals surface area contributed by atoms with Crippen molar-refractivity contribution in [3.05, 3.63) is 21.6 Å². The molecule has 0 bridgehead atoms. The van der Waals surface area contributed by atoms with E-state index in [1.165, 1.54) is 25.5 Å². The van der Waals surface area contributed by atoms with E-state index in [1.807, 2.05) is 4.90 Å². The fourth-order valence-corrected chi connectivity index (χ4v) is 3.35. The Hall–Kier alpha value is -1.47. The Labute approximate surface area is 128 Å². The van der Waals surface area contributed by atoms with Crippen LogP contribution in [0.3, 0.4) is 0 Å². The van der Waals surface area contributed by atoms with Gasteiger partial charge in [-0.05, 0) is 44.0 Å². The van der Waals surface area contributed by atoms with Gasteiger partial charge in [0.15, 0.2) is 0 Å². The van der Waals surface area contributed by atoms with Gasteiger partial charge in [-0.2, -0.15) is 4.98 Å². The summed E-state index contributed by atoms with van der Waals surface area (Å²) in [6.07, 6.45) is 6.00. The lowest BCUT2D eigenvalue weighted by Crippen LogP contribution is -2.41. The molecule has 3 heterocycles. The average Bonchev–Trinajstić information content (AvgIpc) is 2.97. The highest BCUT2D eigenvalue weighted by atomic mass is 35.5. The second-order valence-corrected chi connectivity index (χ2v) is 5.93. The first kappa shape index (κ1) is 14.5. The van der Waals surface area contributed by atoms with Crippen LogP contribution in [0.1, 0.15) is 25.7 Å². The number of nitrogens with zero attached hydrogens (tertiary/aromatic N) is 5. The van der Waals surface area contributed by atoms with E-state index in [9.17, 15) is 10.1 Å². The third-order valence-electron chi connectivity index (χ3n) is 4.29. The highest BCUT2D eigenvalue weighted by Crippen LogP contribution is 2.30. The van der Waals surface area contributed by atoms with Crippen molar-refractivity contribution in [3.63, 3.8) is 0 Å². The molecular formula is C13H18ClN5O2. The maximum Gasteiger partial charge on any atom is 0.329 e. The quantitative estimate of drug-likeness (QED) is 0.483. The zero-order valence-electron chi connectivity index (χ0n) is 11.7. The zero-order valence-corrected chi connectivity index (χ0v) is 12.5. The highest BCUT2D eigenvalue weighted by Gasteiger charge is 2.32. The maximum absolute atomic E-state index is 11.1. The molecule has 8 heteroatoms. The van der Waals surface area contributed by atoms with Crippen LogP contribution in [0, 0.1) is 10.1 Å². The summed E-state index contributed by atoms with van der Waals surface area (Å²) in [6.45, 7) is 3.81. The van der Waals surface area contributed by atoms with Gasteiger partial charge in [0.05, 0.1) is 4.92 Å². The molecule has 3 rings (SSSR count). The van der Waals surface area contributed by atoms with Crippen LogP contribution in [0.5, 0.6) is 0 Å². The summed E-state index contributed by atoms with van der Waals surface area (Å²) in [7, 11) is 0. The van der Waals surface area contributed by atoms with Crippen molar-refractivity contribution >= 4 is 23.1 Å². The van der Waals surface area contributed by atoms with Crippen LogP contribution in [0.25, 0.3) is 0 Å². The van der Waals surface area contributed by atoms with Gasteiger partial charge in [-0.15, -0.1) is 0 Å². The molecule has 0 aromatic carbocycles. The Morgan fingerprint density at radius 3 is 2.76 bits per heavy atom. The SMILES string of the molecule is O=[N+]([O-])c1cnc(Cl)nc1N1CCC(N2CCCCC2)C1. The van der Waals surface area contributed by atoms with Gasteiger partial charge in [0.25, 0.3) is 0 Å². The predicted octanol–water partition coefficient (Wildman–Crippen LogP) is 2.10. The van der Waals surface area contributed by atoms with Gasteiger partial charge in [-0.1, -0.05) is 6.42 Å². The van der Waals surface area contributed by atoms with E-state index in [2.05, 4.69) is 14.9 Å². The molecule has 2 aliphatic rings. The molecule has 1 unspecified atom stereocenters. The number of nitro groups is 1. The van der Waals surface area contributed by atoms with Crippen LogP contribution in [-0.4, -0.2) is 52.0 Å². The Morgan fingerprint density at radius 1 is 1.29 bits per heavy atom. The molecule has 7 nitrogen and oxygen atoms in total. The van der Waals surface area contributed by atoms with E-state index in [0.717, 1.165) is 32.6 Å². The number of aromatic nitrogens is 2. The van der Waals surface area contributed by atoms with Crippen molar-refractivity contribution in [2.75, 3.05) is 31.1 Å². The molecule has 0 spiro atoms. The largest absolute Gasteiger partial charge is 0.349 e. The van der Waals surface area contributed by atoms with E-state index in [1.54, 1.807) is 0 Å². The van der Waals surface area contributed by atoms with E-state index < -0.39 is 4.92 Å². The lowest BCUT2D eigenvalue weighted by Gasteiger charge is -2.32. The monoisotopic (exact) mass is 311 g/mol. The van der Waals surface area contributed by atoms with Gasteiger partial charge >= 0.3 is 5.69 Å². The minimum Gasteiger partial charge on any atom is -0.349 e. The maximum atomic E-state index is 11.1. The van der Waals surface area contributed by atoms with E-state index in [4.69, 9.17) is 11.6 Å². The first-order valence-electron chi connectivity index (χ1n) is 7.31. The van der Waals surface area contributed by atoms with Crippen molar-refractivity contribution in [2.24, 2.45) is 0 Å². The van der Waals surface area contributed by atoms with Crippen LogP contribution in [0.15, 0.2) is 6.20 Å². The first-order valence-corrected chi connectivity index (χ1v) is 7.69. The van der Waals surface area contributed by atoms with Crippen molar-refractivity contribution in [1.82, 2.24) is 14.9 Å². The number of halogens is 1. The Bertz CT molecular complexity index is 535. The summed E-state index contributed by atoms with van der Waals surface area (Å²) in [6, 6.07) is 0.457. The molecule has 0 aliphatic carbocycles. The normalized spacial score (nSPS) is 23.5. The molecule has 1 atom stereocenters.